The minimum Gasteiger partial charge on any atom is -0.381 e. The average Bonchev–Trinajstić information content (AvgIpc) is 2.97. The third-order valence-electron chi connectivity index (χ3n) is 4.00. The van der Waals surface area contributed by atoms with Crippen LogP contribution in [0.2, 0.25) is 5.02 Å². The quantitative estimate of drug-likeness (QED) is 0.865. The van der Waals surface area contributed by atoms with Crippen molar-refractivity contribution in [3.8, 4) is 11.5 Å². The third-order valence-corrected chi connectivity index (χ3v) is 4.22. The highest BCUT2D eigenvalue weighted by Crippen LogP contribution is 2.32. The molecule has 1 aliphatic carbocycles. The topological polar surface area (TPSA) is 39.9 Å². The largest absolute Gasteiger partial charge is 0.381 e. The molecule has 4 nitrogen and oxygen atoms in total. The predicted molar refractivity (Wildman–Crippen MR) is 78.8 cm³/mol. The van der Waals surface area contributed by atoms with Gasteiger partial charge in [0.15, 0.2) is 5.82 Å². The van der Waals surface area contributed by atoms with Crippen molar-refractivity contribution in [2.75, 3.05) is 7.11 Å². The van der Waals surface area contributed by atoms with Crippen molar-refractivity contribution in [3.05, 3.63) is 35.7 Å². The maximum atomic E-state index is 5.89. The van der Waals surface area contributed by atoms with E-state index in [4.69, 9.17) is 16.3 Å². The zero-order valence-corrected chi connectivity index (χ0v) is 12.3. The first-order chi connectivity index (χ1) is 9.78. The van der Waals surface area contributed by atoms with E-state index in [-0.39, 0.29) is 0 Å². The Morgan fingerprint density at radius 1 is 1.20 bits per heavy atom. The number of hydrogen-bond acceptors (Lipinski definition) is 3. The normalized spacial score (nSPS) is 22.9. The smallest absolute Gasteiger partial charge is 0.158 e. The van der Waals surface area contributed by atoms with Crippen molar-refractivity contribution in [3.63, 3.8) is 0 Å². The Morgan fingerprint density at radius 3 is 2.65 bits per heavy atom. The summed E-state index contributed by atoms with van der Waals surface area (Å²) < 4.78 is 7.67. The Balaban J connectivity index is 1.82. The first-order valence-corrected chi connectivity index (χ1v) is 7.33. The molecule has 0 saturated heterocycles. The molecule has 0 aliphatic heterocycles. The minimum absolute atomic E-state index is 0.409. The Kier molecular flexibility index (Phi) is 4.03. The zero-order valence-electron chi connectivity index (χ0n) is 11.5. The number of hydrogen-bond donors (Lipinski definition) is 0. The first kappa shape index (κ1) is 13.6. The van der Waals surface area contributed by atoms with E-state index < -0.39 is 0 Å². The van der Waals surface area contributed by atoms with Crippen molar-refractivity contribution in [1.29, 1.82) is 0 Å². The molecule has 0 spiro atoms. The van der Waals surface area contributed by atoms with Crippen LogP contribution >= 0.6 is 11.6 Å². The summed E-state index contributed by atoms with van der Waals surface area (Å²) in [4.78, 5) is 8.82. The molecule has 1 fully saturated rings. The van der Waals surface area contributed by atoms with Crippen LogP contribution in [0.4, 0.5) is 0 Å². The molecule has 1 saturated carbocycles. The van der Waals surface area contributed by atoms with E-state index >= 15 is 0 Å². The Bertz CT molecular complexity index is 559. The number of methoxy groups -OCH3 is 1. The molecule has 0 N–H and O–H groups in total. The van der Waals surface area contributed by atoms with Gasteiger partial charge >= 0.3 is 0 Å². The van der Waals surface area contributed by atoms with E-state index in [9.17, 15) is 0 Å². The number of nitrogens with zero attached hydrogens (tertiary/aromatic N) is 3. The van der Waals surface area contributed by atoms with Crippen molar-refractivity contribution in [2.24, 2.45) is 0 Å². The molecule has 3 rings (SSSR count). The van der Waals surface area contributed by atoms with Gasteiger partial charge in [0.1, 0.15) is 5.69 Å². The molecule has 0 radical (unpaired) electrons. The van der Waals surface area contributed by atoms with Crippen LogP contribution in [0.15, 0.2) is 30.7 Å². The number of pyridine rings is 1. The molecule has 2 aromatic rings. The van der Waals surface area contributed by atoms with Crippen LogP contribution in [0.1, 0.15) is 31.7 Å². The second-order valence-corrected chi connectivity index (χ2v) is 5.62. The van der Waals surface area contributed by atoms with Gasteiger partial charge in [-0.2, -0.15) is 0 Å². The fourth-order valence-corrected chi connectivity index (χ4v) is 2.99. The lowest BCUT2D eigenvalue weighted by Crippen LogP contribution is -2.22. The van der Waals surface area contributed by atoms with Crippen molar-refractivity contribution in [1.82, 2.24) is 14.5 Å². The first-order valence-electron chi connectivity index (χ1n) is 6.95. The van der Waals surface area contributed by atoms with Crippen molar-refractivity contribution < 1.29 is 4.74 Å². The third kappa shape index (κ3) is 2.72. The predicted octanol–water partition coefficient (Wildman–Crippen LogP) is 3.73. The van der Waals surface area contributed by atoms with E-state index in [1.165, 1.54) is 0 Å². The lowest BCUT2D eigenvalue weighted by molar-refractivity contribution is 0.0586. The summed E-state index contributed by atoms with van der Waals surface area (Å²) >= 11 is 5.89. The van der Waals surface area contributed by atoms with Gasteiger partial charge in [0.25, 0.3) is 0 Å². The summed E-state index contributed by atoms with van der Waals surface area (Å²) in [6.45, 7) is 0. The maximum Gasteiger partial charge on any atom is 0.158 e. The molecule has 5 heteroatoms. The fourth-order valence-electron chi connectivity index (χ4n) is 2.87. The van der Waals surface area contributed by atoms with Gasteiger partial charge < -0.3 is 9.30 Å². The summed E-state index contributed by atoms with van der Waals surface area (Å²) in [6, 6.07) is 4.25. The van der Waals surface area contributed by atoms with E-state index in [0.29, 0.717) is 17.2 Å². The van der Waals surface area contributed by atoms with E-state index in [2.05, 4.69) is 14.5 Å². The highest BCUT2D eigenvalue weighted by molar-refractivity contribution is 6.30. The molecular weight excluding hydrogens is 274 g/mol. The number of imidazole rings is 1. The van der Waals surface area contributed by atoms with Gasteiger partial charge in [-0.25, -0.2) is 4.98 Å². The lowest BCUT2D eigenvalue weighted by Gasteiger charge is -2.29. The van der Waals surface area contributed by atoms with Crippen LogP contribution in [-0.4, -0.2) is 27.7 Å². The Morgan fingerprint density at radius 2 is 2.00 bits per heavy atom. The molecule has 106 valence electrons. The van der Waals surface area contributed by atoms with Crippen LogP contribution in [0.3, 0.4) is 0 Å². The number of halogens is 1. The van der Waals surface area contributed by atoms with Gasteiger partial charge in [-0.3, -0.25) is 4.98 Å². The second kappa shape index (κ2) is 5.94. The molecule has 2 heterocycles. The van der Waals surface area contributed by atoms with Crippen LogP contribution in [0.25, 0.3) is 11.5 Å². The van der Waals surface area contributed by atoms with E-state index in [1.54, 1.807) is 13.3 Å². The Labute approximate surface area is 123 Å². The molecule has 0 unspecified atom stereocenters. The van der Waals surface area contributed by atoms with E-state index in [1.807, 2.05) is 24.5 Å². The second-order valence-electron chi connectivity index (χ2n) is 5.19. The molecule has 0 atom stereocenters. The van der Waals surface area contributed by atoms with Crippen molar-refractivity contribution in [2.45, 2.75) is 37.8 Å². The summed E-state index contributed by atoms with van der Waals surface area (Å²) in [5.74, 6) is 0.919. The van der Waals surface area contributed by atoms with Crippen molar-refractivity contribution >= 4 is 11.6 Å². The SMILES string of the molecule is COC1CCC(n2ccnc2-c2ccc(Cl)cn2)CC1. The van der Waals surface area contributed by atoms with E-state index in [0.717, 1.165) is 37.2 Å². The Hall–Kier alpha value is -1.39. The number of rotatable bonds is 3. The van der Waals surface area contributed by atoms with Crippen LogP contribution in [0, 0.1) is 0 Å². The van der Waals surface area contributed by atoms with Crippen LogP contribution in [-0.2, 0) is 4.74 Å². The molecule has 0 amide bonds. The van der Waals surface area contributed by atoms with Gasteiger partial charge in [-0.1, -0.05) is 11.6 Å². The number of aromatic nitrogens is 3. The van der Waals surface area contributed by atoms with Crippen LogP contribution in [0.5, 0.6) is 0 Å². The highest BCUT2D eigenvalue weighted by Gasteiger charge is 2.24. The summed E-state index contributed by atoms with van der Waals surface area (Å²) in [6.07, 6.45) is 10.4. The monoisotopic (exact) mass is 291 g/mol. The summed E-state index contributed by atoms with van der Waals surface area (Å²) in [5, 5.41) is 0.646. The molecule has 1 aliphatic rings. The molecule has 20 heavy (non-hydrogen) atoms. The summed E-state index contributed by atoms with van der Waals surface area (Å²) in [7, 11) is 1.80. The molecule has 0 aromatic carbocycles. The van der Waals surface area contributed by atoms with Gasteiger partial charge in [0.2, 0.25) is 0 Å². The average molecular weight is 292 g/mol. The van der Waals surface area contributed by atoms with Gasteiger partial charge in [-0.15, -0.1) is 0 Å². The lowest BCUT2D eigenvalue weighted by atomic mass is 9.92. The minimum atomic E-state index is 0.409. The molecular formula is C15H18ClN3O. The fraction of sp³-hybridized carbons (Fsp3) is 0.467. The zero-order chi connectivity index (χ0) is 13.9. The van der Waals surface area contributed by atoms with Gasteiger partial charge in [-0.05, 0) is 37.8 Å². The highest BCUT2D eigenvalue weighted by atomic mass is 35.5. The van der Waals surface area contributed by atoms with Gasteiger partial charge in [0.05, 0.1) is 11.1 Å². The number of ether oxygens (including phenoxy) is 1. The standard InChI is InChI=1S/C15H18ClN3O/c1-20-13-5-3-12(4-6-13)19-9-8-17-15(19)14-7-2-11(16)10-18-14/h2,7-10,12-13H,3-6H2,1H3. The van der Waals surface area contributed by atoms with Crippen LogP contribution < -0.4 is 0 Å². The van der Waals surface area contributed by atoms with Gasteiger partial charge in [0, 0.05) is 31.7 Å². The molecule has 0 bridgehead atoms. The molecule has 2 aromatic heterocycles. The maximum absolute atomic E-state index is 5.89. The summed E-state index contributed by atoms with van der Waals surface area (Å²) in [5.41, 5.74) is 0.869.